The Bertz CT molecular complexity index is 828. The van der Waals surface area contributed by atoms with Crippen LogP contribution in [0.4, 0.5) is 0 Å². The van der Waals surface area contributed by atoms with Gasteiger partial charge in [-0.05, 0) is 12.5 Å². The molecule has 0 bridgehead atoms. The number of aromatic nitrogens is 5. The van der Waals surface area contributed by atoms with Crippen molar-refractivity contribution in [1.82, 2.24) is 29.5 Å². The monoisotopic (exact) mass is 326 g/mol. The second-order valence-corrected chi connectivity index (χ2v) is 5.94. The molecule has 8 nitrogen and oxygen atoms in total. The molecule has 0 spiro atoms. The summed E-state index contributed by atoms with van der Waals surface area (Å²) < 4.78 is 7.63. The standard InChI is InChI=1S/C16H18N6O2/c23-16(14-1-2-19-20-14)22-5-6-24-11-12(9-22)7-13-10-21-4-3-17-15(21)8-18-13/h1-4,8,10,12H,5-7,9,11H2,(H,19,20). The van der Waals surface area contributed by atoms with Crippen LogP contribution in [0.25, 0.3) is 5.65 Å². The lowest BCUT2D eigenvalue weighted by Gasteiger charge is -2.22. The minimum absolute atomic E-state index is 0.0407. The highest BCUT2D eigenvalue weighted by Crippen LogP contribution is 2.15. The summed E-state index contributed by atoms with van der Waals surface area (Å²) in [6.07, 6.45) is 9.73. The van der Waals surface area contributed by atoms with Crippen LogP contribution in [-0.2, 0) is 11.2 Å². The second kappa shape index (κ2) is 6.40. The lowest BCUT2D eigenvalue weighted by molar-refractivity contribution is 0.0731. The number of carbonyl (C=O) groups excluding carboxylic acids is 1. The molecular formula is C16H18N6O2. The number of nitrogens with one attached hydrogen (secondary N) is 1. The molecule has 8 heteroatoms. The quantitative estimate of drug-likeness (QED) is 0.768. The van der Waals surface area contributed by atoms with Crippen LogP contribution in [0.1, 0.15) is 16.2 Å². The molecule has 1 aliphatic heterocycles. The van der Waals surface area contributed by atoms with E-state index < -0.39 is 0 Å². The SMILES string of the molecule is O=C(c1ccn[nH]1)N1CCOCC(Cc2cn3ccnc3cn2)C1. The zero-order chi connectivity index (χ0) is 16.4. The van der Waals surface area contributed by atoms with E-state index in [0.29, 0.717) is 32.0 Å². The molecule has 0 radical (unpaired) electrons. The Kier molecular flexibility index (Phi) is 3.96. The van der Waals surface area contributed by atoms with Crippen molar-refractivity contribution in [3.05, 3.63) is 48.4 Å². The summed E-state index contributed by atoms with van der Waals surface area (Å²) in [6.45, 7) is 2.39. The number of imidazole rings is 1. The molecule has 1 aliphatic rings. The van der Waals surface area contributed by atoms with Gasteiger partial charge < -0.3 is 14.0 Å². The average Bonchev–Trinajstić information content (AvgIpc) is 3.23. The van der Waals surface area contributed by atoms with E-state index in [4.69, 9.17) is 4.74 Å². The van der Waals surface area contributed by atoms with E-state index in [-0.39, 0.29) is 11.8 Å². The Labute approximate surface area is 138 Å². The number of H-pyrrole nitrogens is 1. The fraction of sp³-hybridized carbons (Fsp3) is 0.375. The first-order valence-corrected chi connectivity index (χ1v) is 7.93. The Balaban J connectivity index is 1.48. The summed E-state index contributed by atoms with van der Waals surface area (Å²) in [7, 11) is 0. The summed E-state index contributed by atoms with van der Waals surface area (Å²) in [5, 5.41) is 6.58. The number of amides is 1. The van der Waals surface area contributed by atoms with Crippen molar-refractivity contribution in [3.8, 4) is 0 Å². The van der Waals surface area contributed by atoms with Crippen LogP contribution in [0, 0.1) is 5.92 Å². The van der Waals surface area contributed by atoms with E-state index in [2.05, 4.69) is 20.2 Å². The molecule has 1 amide bonds. The van der Waals surface area contributed by atoms with E-state index in [0.717, 1.165) is 17.8 Å². The number of hydrogen-bond acceptors (Lipinski definition) is 5. The minimum atomic E-state index is -0.0407. The minimum Gasteiger partial charge on any atom is -0.379 e. The van der Waals surface area contributed by atoms with E-state index >= 15 is 0 Å². The number of aromatic amines is 1. The smallest absolute Gasteiger partial charge is 0.271 e. The number of ether oxygens (including phenoxy) is 1. The molecule has 4 rings (SSSR count). The number of carbonyl (C=O) groups is 1. The van der Waals surface area contributed by atoms with Crippen molar-refractivity contribution in [2.75, 3.05) is 26.3 Å². The van der Waals surface area contributed by atoms with Crippen LogP contribution in [-0.4, -0.2) is 61.7 Å². The molecule has 1 unspecified atom stereocenters. The van der Waals surface area contributed by atoms with Crippen LogP contribution in [0.2, 0.25) is 0 Å². The lowest BCUT2D eigenvalue weighted by atomic mass is 10.0. The number of fused-ring (bicyclic) bond motifs is 1. The molecule has 124 valence electrons. The first kappa shape index (κ1) is 14.8. The van der Waals surface area contributed by atoms with Gasteiger partial charge in [0.1, 0.15) is 5.69 Å². The Hall–Kier alpha value is -2.74. The molecule has 3 aromatic heterocycles. The molecule has 1 fully saturated rings. The summed E-state index contributed by atoms with van der Waals surface area (Å²) >= 11 is 0. The van der Waals surface area contributed by atoms with E-state index in [1.54, 1.807) is 24.7 Å². The van der Waals surface area contributed by atoms with Gasteiger partial charge in [-0.25, -0.2) is 4.98 Å². The van der Waals surface area contributed by atoms with E-state index in [1.165, 1.54) is 0 Å². The van der Waals surface area contributed by atoms with Crippen molar-refractivity contribution in [1.29, 1.82) is 0 Å². The third-order valence-electron chi connectivity index (χ3n) is 4.19. The Morgan fingerprint density at radius 2 is 2.33 bits per heavy atom. The summed E-state index contributed by atoms with van der Waals surface area (Å²) in [6, 6.07) is 1.69. The van der Waals surface area contributed by atoms with E-state index in [9.17, 15) is 4.79 Å². The maximum Gasteiger partial charge on any atom is 0.271 e. The van der Waals surface area contributed by atoms with Gasteiger partial charge in [0.15, 0.2) is 5.65 Å². The summed E-state index contributed by atoms with van der Waals surface area (Å²) in [5.41, 5.74) is 2.30. The van der Waals surface area contributed by atoms with Crippen molar-refractivity contribution >= 4 is 11.6 Å². The van der Waals surface area contributed by atoms with Gasteiger partial charge in [0.05, 0.1) is 25.1 Å². The number of hydrogen-bond donors (Lipinski definition) is 1. The molecule has 1 atom stereocenters. The van der Waals surface area contributed by atoms with Gasteiger partial charge in [-0.3, -0.25) is 14.9 Å². The average molecular weight is 326 g/mol. The maximum absolute atomic E-state index is 12.5. The molecule has 0 saturated carbocycles. The van der Waals surface area contributed by atoms with Gasteiger partial charge in [-0.1, -0.05) is 0 Å². The predicted molar refractivity (Wildman–Crippen MR) is 85.5 cm³/mol. The van der Waals surface area contributed by atoms with Gasteiger partial charge in [0.25, 0.3) is 5.91 Å². The Morgan fingerprint density at radius 1 is 1.38 bits per heavy atom. The van der Waals surface area contributed by atoms with Crippen molar-refractivity contribution in [2.24, 2.45) is 5.92 Å². The molecule has 0 aliphatic carbocycles. The van der Waals surface area contributed by atoms with E-state index in [1.807, 2.05) is 21.7 Å². The van der Waals surface area contributed by atoms with Crippen LogP contribution in [0.5, 0.6) is 0 Å². The highest BCUT2D eigenvalue weighted by Gasteiger charge is 2.24. The van der Waals surface area contributed by atoms with Crippen molar-refractivity contribution in [2.45, 2.75) is 6.42 Å². The largest absolute Gasteiger partial charge is 0.379 e. The highest BCUT2D eigenvalue weighted by atomic mass is 16.5. The maximum atomic E-state index is 12.5. The molecule has 4 heterocycles. The predicted octanol–water partition coefficient (Wildman–Crippen LogP) is 0.784. The molecule has 24 heavy (non-hydrogen) atoms. The fourth-order valence-corrected chi connectivity index (χ4v) is 3.00. The van der Waals surface area contributed by atoms with Crippen LogP contribution in [0.15, 0.2) is 37.1 Å². The molecule has 0 aromatic carbocycles. The Morgan fingerprint density at radius 3 is 3.21 bits per heavy atom. The number of rotatable bonds is 3. The van der Waals surface area contributed by atoms with Gasteiger partial charge >= 0.3 is 0 Å². The normalized spacial score (nSPS) is 18.7. The molecule has 1 N–H and O–H groups in total. The first-order chi connectivity index (χ1) is 11.8. The third kappa shape index (κ3) is 3.00. The zero-order valence-electron chi connectivity index (χ0n) is 13.1. The third-order valence-corrected chi connectivity index (χ3v) is 4.19. The lowest BCUT2D eigenvalue weighted by Crippen LogP contribution is -2.36. The van der Waals surface area contributed by atoms with Crippen LogP contribution in [0.3, 0.4) is 0 Å². The summed E-state index contributed by atoms with van der Waals surface area (Å²) in [5.74, 6) is 0.161. The first-order valence-electron chi connectivity index (χ1n) is 7.93. The van der Waals surface area contributed by atoms with Gasteiger partial charge in [0.2, 0.25) is 0 Å². The zero-order valence-corrected chi connectivity index (χ0v) is 13.1. The van der Waals surface area contributed by atoms with Crippen LogP contribution < -0.4 is 0 Å². The second-order valence-electron chi connectivity index (χ2n) is 5.94. The fourth-order valence-electron chi connectivity index (χ4n) is 3.00. The summed E-state index contributed by atoms with van der Waals surface area (Å²) in [4.78, 5) is 23.0. The molecule has 1 saturated heterocycles. The van der Waals surface area contributed by atoms with Gasteiger partial charge in [-0.2, -0.15) is 5.10 Å². The van der Waals surface area contributed by atoms with Gasteiger partial charge in [0, 0.05) is 43.8 Å². The van der Waals surface area contributed by atoms with Crippen molar-refractivity contribution < 1.29 is 9.53 Å². The van der Waals surface area contributed by atoms with Crippen molar-refractivity contribution in [3.63, 3.8) is 0 Å². The number of nitrogens with zero attached hydrogens (tertiary/aromatic N) is 5. The van der Waals surface area contributed by atoms with Crippen LogP contribution >= 0.6 is 0 Å². The van der Waals surface area contributed by atoms with Gasteiger partial charge in [-0.15, -0.1) is 0 Å². The highest BCUT2D eigenvalue weighted by molar-refractivity contribution is 5.92. The topological polar surface area (TPSA) is 88.4 Å². The molecule has 3 aromatic rings. The molecular weight excluding hydrogens is 308 g/mol.